The zero-order valence-electron chi connectivity index (χ0n) is 19.1. The summed E-state index contributed by atoms with van der Waals surface area (Å²) in [5.74, 6) is 0. The molecule has 0 amide bonds. The van der Waals surface area contributed by atoms with Crippen molar-refractivity contribution >= 4 is 75.4 Å². The zero-order valence-corrected chi connectivity index (χ0v) is 20.7. The van der Waals surface area contributed by atoms with Crippen molar-refractivity contribution in [3.05, 3.63) is 109 Å². The fourth-order valence-corrected chi connectivity index (χ4v) is 7.41. The third kappa shape index (κ3) is 2.83. The van der Waals surface area contributed by atoms with E-state index in [2.05, 4.69) is 108 Å². The minimum absolute atomic E-state index is 1.01. The van der Waals surface area contributed by atoms with Gasteiger partial charge >= 0.3 is 0 Å². The molecule has 4 heteroatoms. The van der Waals surface area contributed by atoms with E-state index in [1.807, 2.05) is 5.51 Å². The highest BCUT2D eigenvalue weighted by Gasteiger charge is 2.21. The second-order valence-corrected chi connectivity index (χ2v) is 10.8. The molecule has 2 nitrogen and oxygen atoms in total. The first-order chi connectivity index (χ1) is 17.9. The molecular formula is C32H18N2S2. The number of rotatable bonds is 2. The summed E-state index contributed by atoms with van der Waals surface area (Å²) in [6.07, 6.45) is 0. The number of nitrogens with zero attached hydrogens (tertiary/aromatic N) is 2. The Morgan fingerprint density at radius 1 is 0.500 bits per heavy atom. The van der Waals surface area contributed by atoms with Gasteiger partial charge in [-0.25, -0.2) is 9.97 Å². The lowest BCUT2D eigenvalue weighted by Gasteiger charge is -2.19. The van der Waals surface area contributed by atoms with Gasteiger partial charge in [0.15, 0.2) is 9.66 Å². The Hall–Kier alpha value is -4.12. The van der Waals surface area contributed by atoms with Crippen molar-refractivity contribution in [2.75, 3.05) is 0 Å². The molecule has 36 heavy (non-hydrogen) atoms. The van der Waals surface area contributed by atoms with Crippen molar-refractivity contribution < 1.29 is 0 Å². The summed E-state index contributed by atoms with van der Waals surface area (Å²) in [6, 6.07) is 37.4. The second kappa shape index (κ2) is 7.69. The Morgan fingerprint density at radius 3 is 1.97 bits per heavy atom. The van der Waals surface area contributed by atoms with Gasteiger partial charge in [0, 0.05) is 10.9 Å². The first-order valence-corrected chi connectivity index (χ1v) is 13.6. The van der Waals surface area contributed by atoms with E-state index >= 15 is 0 Å². The number of hydrogen-bond donors (Lipinski definition) is 0. The van der Waals surface area contributed by atoms with Gasteiger partial charge in [-0.05, 0) is 48.8 Å². The molecule has 0 radical (unpaired) electrons. The summed E-state index contributed by atoms with van der Waals surface area (Å²) in [7, 11) is 0. The Labute approximate surface area is 215 Å². The van der Waals surface area contributed by atoms with Gasteiger partial charge in [0.1, 0.15) is 5.01 Å². The predicted octanol–water partition coefficient (Wildman–Crippen LogP) is 9.70. The molecule has 0 atom stereocenters. The molecule has 0 saturated heterocycles. The van der Waals surface area contributed by atoms with E-state index in [-0.39, 0.29) is 0 Å². The topological polar surface area (TPSA) is 25.8 Å². The number of aromatic nitrogens is 2. The zero-order chi connectivity index (χ0) is 23.6. The van der Waals surface area contributed by atoms with Crippen LogP contribution >= 0.6 is 22.7 Å². The van der Waals surface area contributed by atoms with Crippen LogP contribution in [0.25, 0.3) is 74.4 Å². The monoisotopic (exact) mass is 494 g/mol. The molecule has 2 heterocycles. The van der Waals surface area contributed by atoms with Gasteiger partial charge in [-0.1, -0.05) is 114 Å². The lowest BCUT2D eigenvalue weighted by Crippen LogP contribution is -1.92. The standard InChI is InChI=1S/C32H18N2S2/c1-3-11-21-19(8-1)10-7-15-23(21)27-24-13-5-6-14-25(24)29(30-34-32-31(36-30)33-18-35-32)28-22-12-4-2-9-20(22)16-17-26(27)28/h1-18H. The second-order valence-electron chi connectivity index (χ2n) is 9.01. The van der Waals surface area contributed by atoms with Crippen LogP contribution in [0.1, 0.15) is 0 Å². The van der Waals surface area contributed by atoms with E-state index in [9.17, 15) is 0 Å². The molecule has 0 fully saturated rings. The smallest absolute Gasteiger partial charge is 0.155 e. The quantitative estimate of drug-likeness (QED) is 0.177. The van der Waals surface area contributed by atoms with Crippen LogP contribution in [0.15, 0.2) is 109 Å². The maximum atomic E-state index is 5.08. The largest absolute Gasteiger partial charge is 0.232 e. The van der Waals surface area contributed by atoms with E-state index in [1.165, 1.54) is 59.8 Å². The summed E-state index contributed by atoms with van der Waals surface area (Å²) in [5.41, 5.74) is 5.63. The Balaban J connectivity index is 1.64. The van der Waals surface area contributed by atoms with Crippen LogP contribution in [-0.2, 0) is 0 Å². The summed E-state index contributed by atoms with van der Waals surface area (Å²) in [5, 5.41) is 11.0. The van der Waals surface area contributed by atoms with Crippen LogP contribution in [0.3, 0.4) is 0 Å². The number of hydrogen-bond acceptors (Lipinski definition) is 4. The Bertz CT molecular complexity index is 2080. The van der Waals surface area contributed by atoms with E-state index in [4.69, 9.17) is 4.98 Å². The molecule has 8 rings (SSSR count). The van der Waals surface area contributed by atoms with Gasteiger partial charge in [-0.2, -0.15) is 0 Å². The van der Waals surface area contributed by atoms with Gasteiger partial charge in [-0.15, -0.1) is 11.3 Å². The van der Waals surface area contributed by atoms with Crippen molar-refractivity contribution in [3.63, 3.8) is 0 Å². The van der Waals surface area contributed by atoms with Crippen molar-refractivity contribution in [3.8, 4) is 21.7 Å². The van der Waals surface area contributed by atoms with E-state index in [0.717, 1.165) is 14.7 Å². The normalized spacial score (nSPS) is 11.9. The molecule has 8 aromatic rings. The molecule has 0 aliphatic heterocycles. The fraction of sp³-hybridized carbons (Fsp3) is 0. The third-order valence-corrected chi connectivity index (χ3v) is 8.93. The van der Waals surface area contributed by atoms with Gasteiger partial charge in [0.25, 0.3) is 0 Å². The first-order valence-electron chi connectivity index (χ1n) is 11.9. The molecule has 0 aliphatic carbocycles. The minimum atomic E-state index is 1.01. The molecule has 0 N–H and O–H groups in total. The Kier molecular flexibility index (Phi) is 4.30. The summed E-state index contributed by atoms with van der Waals surface area (Å²) in [4.78, 5) is 11.6. The summed E-state index contributed by atoms with van der Waals surface area (Å²) >= 11 is 3.29. The average molecular weight is 495 g/mol. The SMILES string of the molecule is c1ccc2c(-c3c4ccccc4c(-c4nc5scnc5s4)c4c3ccc3ccccc34)cccc2c1. The molecule has 0 spiro atoms. The van der Waals surface area contributed by atoms with Crippen LogP contribution < -0.4 is 0 Å². The third-order valence-electron chi connectivity index (χ3n) is 7.10. The molecule has 168 valence electrons. The maximum Gasteiger partial charge on any atom is 0.155 e. The van der Waals surface area contributed by atoms with Crippen LogP contribution in [0.4, 0.5) is 0 Å². The minimum Gasteiger partial charge on any atom is -0.232 e. The summed E-state index contributed by atoms with van der Waals surface area (Å²) < 4.78 is 0. The molecule has 0 bridgehead atoms. The van der Waals surface area contributed by atoms with Gasteiger partial charge < -0.3 is 0 Å². The van der Waals surface area contributed by atoms with Gasteiger partial charge in [-0.3, -0.25) is 0 Å². The van der Waals surface area contributed by atoms with Crippen LogP contribution in [0, 0.1) is 0 Å². The summed E-state index contributed by atoms with van der Waals surface area (Å²) in [6.45, 7) is 0. The van der Waals surface area contributed by atoms with E-state index in [1.54, 1.807) is 22.7 Å². The van der Waals surface area contributed by atoms with Crippen LogP contribution in [0.2, 0.25) is 0 Å². The highest BCUT2D eigenvalue weighted by molar-refractivity contribution is 7.27. The molecular weight excluding hydrogens is 477 g/mol. The van der Waals surface area contributed by atoms with E-state index < -0.39 is 0 Å². The van der Waals surface area contributed by atoms with Crippen molar-refractivity contribution in [2.24, 2.45) is 0 Å². The lowest BCUT2D eigenvalue weighted by atomic mass is 9.85. The van der Waals surface area contributed by atoms with Crippen molar-refractivity contribution in [1.29, 1.82) is 0 Å². The highest BCUT2D eigenvalue weighted by Crippen LogP contribution is 2.48. The van der Waals surface area contributed by atoms with Gasteiger partial charge in [0.2, 0.25) is 0 Å². The number of benzene rings is 6. The molecule has 2 aromatic heterocycles. The first kappa shape index (κ1) is 20.1. The van der Waals surface area contributed by atoms with Crippen LogP contribution in [0.5, 0.6) is 0 Å². The Morgan fingerprint density at radius 2 is 1.17 bits per heavy atom. The number of fused-ring (bicyclic) bond motifs is 6. The maximum absolute atomic E-state index is 5.08. The molecule has 0 aliphatic rings. The fourth-order valence-electron chi connectivity index (χ4n) is 5.59. The molecule has 6 aromatic carbocycles. The number of thiazole rings is 2. The highest BCUT2D eigenvalue weighted by atomic mass is 32.1. The van der Waals surface area contributed by atoms with Gasteiger partial charge in [0.05, 0.1) is 5.51 Å². The average Bonchev–Trinajstić information content (AvgIpc) is 3.54. The van der Waals surface area contributed by atoms with E-state index in [0.29, 0.717) is 0 Å². The predicted molar refractivity (Wildman–Crippen MR) is 156 cm³/mol. The van der Waals surface area contributed by atoms with Crippen LogP contribution in [-0.4, -0.2) is 9.97 Å². The lowest BCUT2D eigenvalue weighted by molar-refractivity contribution is 1.51. The molecule has 0 unspecified atom stereocenters. The van der Waals surface area contributed by atoms with Crippen molar-refractivity contribution in [1.82, 2.24) is 9.97 Å². The molecule has 0 saturated carbocycles. The van der Waals surface area contributed by atoms with Crippen molar-refractivity contribution in [2.45, 2.75) is 0 Å².